The zero-order valence-corrected chi connectivity index (χ0v) is 8.54. The van der Waals surface area contributed by atoms with Crippen LogP contribution in [0.25, 0.3) is 0 Å². The minimum atomic E-state index is -0.881. The van der Waals surface area contributed by atoms with Crippen molar-refractivity contribution < 1.29 is 13.6 Å². The maximum Gasteiger partial charge on any atom is 0.239 e. The highest BCUT2D eigenvalue weighted by molar-refractivity contribution is 5.81. The van der Waals surface area contributed by atoms with E-state index in [0.717, 1.165) is 25.0 Å². The van der Waals surface area contributed by atoms with Gasteiger partial charge in [-0.2, -0.15) is 0 Å². The molecule has 1 atom stereocenters. The molecule has 0 aliphatic heterocycles. The van der Waals surface area contributed by atoms with Crippen molar-refractivity contribution in [3.05, 3.63) is 35.4 Å². The van der Waals surface area contributed by atoms with E-state index in [1.54, 1.807) is 0 Å². The van der Waals surface area contributed by atoms with Crippen molar-refractivity contribution in [2.75, 3.05) is 0 Å². The number of rotatable bonds is 4. The monoisotopic (exact) mass is 226 g/mol. The smallest absolute Gasteiger partial charge is 0.239 e. The predicted octanol–water partition coefficient (Wildman–Crippen LogP) is 1.24. The van der Waals surface area contributed by atoms with Crippen molar-refractivity contribution in [1.29, 1.82) is 0 Å². The summed E-state index contributed by atoms with van der Waals surface area (Å²) in [6, 6.07) is 2.44. The number of hydrogen-bond acceptors (Lipinski definition) is 2. The summed E-state index contributed by atoms with van der Waals surface area (Å²) in [6.07, 6.45) is 1.90. The largest absolute Gasteiger partial charge is 0.368 e. The van der Waals surface area contributed by atoms with Gasteiger partial charge in [0.1, 0.15) is 17.7 Å². The Morgan fingerprint density at radius 3 is 2.62 bits per heavy atom. The molecule has 1 aliphatic rings. The van der Waals surface area contributed by atoms with E-state index in [1.807, 2.05) is 0 Å². The summed E-state index contributed by atoms with van der Waals surface area (Å²) in [4.78, 5) is 11.2. The lowest BCUT2D eigenvalue weighted by molar-refractivity contribution is -0.120. The molecular formula is C11H12F2N2O. The number of carbonyl (C=O) groups excluding carboxylic acids is 1. The Balaban J connectivity index is 2.26. The van der Waals surface area contributed by atoms with Gasteiger partial charge in [-0.15, -0.1) is 0 Å². The van der Waals surface area contributed by atoms with Crippen LogP contribution in [0, 0.1) is 11.6 Å². The first-order valence-electron chi connectivity index (χ1n) is 5.08. The van der Waals surface area contributed by atoms with Gasteiger partial charge in [-0.25, -0.2) is 8.78 Å². The summed E-state index contributed by atoms with van der Waals surface area (Å²) >= 11 is 0. The van der Waals surface area contributed by atoms with Crippen LogP contribution >= 0.6 is 0 Å². The lowest BCUT2D eigenvalue weighted by atomic mass is 10.1. The molecule has 1 fully saturated rings. The van der Waals surface area contributed by atoms with Crippen LogP contribution in [0.3, 0.4) is 0 Å². The average molecular weight is 226 g/mol. The Kier molecular flexibility index (Phi) is 2.87. The van der Waals surface area contributed by atoms with Crippen molar-refractivity contribution in [2.45, 2.75) is 24.9 Å². The van der Waals surface area contributed by atoms with Crippen LogP contribution in [0.2, 0.25) is 0 Å². The Labute approximate surface area is 91.6 Å². The quantitative estimate of drug-likeness (QED) is 0.811. The Bertz CT molecular complexity index is 418. The number of benzene rings is 1. The first-order chi connectivity index (χ1) is 7.58. The number of halogens is 2. The predicted molar refractivity (Wildman–Crippen MR) is 54.5 cm³/mol. The maximum atomic E-state index is 13.4. The molecule has 1 amide bonds. The van der Waals surface area contributed by atoms with Gasteiger partial charge in [-0.05, 0) is 18.9 Å². The molecule has 1 aromatic carbocycles. The minimum Gasteiger partial charge on any atom is -0.368 e. The molecule has 1 aliphatic carbocycles. The van der Waals surface area contributed by atoms with Gasteiger partial charge in [-0.1, -0.05) is 6.07 Å². The van der Waals surface area contributed by atoms with Gasteiger partial charge >= 0.3 is 0 Å². The van der Waals surface area contributed by atoms with Gasteiger partial charge < -0.3 is 5.73 Å². The van der Waals surface area contributed by atoms with E-state index in [1.165, 1.54) is 6.07 Å². The van der Waals surface area contributed by atoms with Gasteiger partial charge in [0.2, 0.25) is 5.91 Å². The molecule has 0 spiro atoms. The van der Waals surface area contributed by atoms with E-state index in [4.69, 9.17) is 5.73 Å². The van der Waals surface area contributed by atoms with Crippen molar-refractivity contribution in [2.24, 2.45) is 5.73 Å². The summed E-state index contributed by atoms with van der Waals surface area (Å²) in [5, 5.41) is 2.93. The second kappa shape index (κ2) is 4.17. The van der Waals surface area contributed by atoms with Crippen molar-refractivity contribution in [1.82, 2.24) is 5.32 Å². The standard InChI is InChI=1S/C11H12F2N2O/c12-6-1-4-8(9(13)5-6)10(11(14)16)15-7-2-3-7/h1,4-5,7,10,15H,2-3H2,(H2,14,16). The molecule has 3 N–H and O–H groups in total. The zero-order valence-electron chi connectivity index (χ0n) is 8.54. The summed E-state index contributed by atoms with van der Waals surface area (Å²) in [5.41, 5.74) is 5.29. The van der Waals surface area contributed by atoms with E-state index in [-0.39, 0.29) is 11.6 Å². The van der Waals surface area contributed by atoms with Gasteiger partial charge in [0, 0.05) is 17.7 Å². The second-order valence-electron chi connectivity index (χ2n) is 3.94. The van der Waals surface area contributed by atoms with Crippen LogP contribution < -0.4 is 11.1 Å². The van der Waals surface area contributed by atoms with Crippen LogP contribution in [0.4, 0.5) is 8.78 Å². The molecule has 0 saturated heterocycles. The molecule has 2 rings (SSSR count). The Morgan fingerprint density at radius 2 is 2.12 bits per heavy atom. The van der Waals surface area contributed by atoms with Crippen molar-refractivity contribution in [3.8, 4) is 0 Å². The minimum absolute atomic E-state index is 0.0980. The molecular weight excluding hydrogens is 214 g/mol. The third-order valence-corrected chi connectivity index (χ3v) is 2.54. The van der Waals surface area contributed by atoms with Crippen LogP contribution in [-0.2, 0) is 4.79 Å². The molecule has 3 nitrogen and oxygen atoms in total. The molecule has 1 unspecified atom stereocenters. The summed E-state index contributed by atoms with van der Waals surface area (Å²) in [5.74, 6) is -2.08. The van der Waals surface area contributed by atoms with Gasteiger partial charge in [-0.3, -0.25) is 10.1 Å². The molecule has 1 saturated carbocycles. The fourth-order valence-electron chi connectivity index (χ4n) is 1.55. The number of amides is 1. The van der Waals surface area contributed by atoms with E-state index < -0.39 is 23.6 Å². The SMILES string of the molecule is NC(=O)C(NC1CC1)c1ccc(F)cc1F. The van der Waals surface area contributed by atoms with Crippen LogP contribution in [0.15, 0.2) is 18.2 Å². The van der Waals surface area contributed by atoms with Crippen molar-refractivity contribution in [3.63, 3.8) is 0 Å². The highest BCUT2D eigenvalue weighted by Crippen LogP contribution is 2.25. The number of nitrogens with one attached hydrogen (secondary N) is 1. The van der Waals surface area contributed by atoms with Crippen LogP contribution in [-0.4, -0.2) is 11.9 Å². The highest BCUT2D eigenvalue weighted by atomic mass is 19.1. The molecule has 16 heavy (non-hydrogen) atoms. The summed E-state index contributed by atoms with van der Waals surface area (Å²) in [7, 11) is 0. The topological polar surface area (TPSA) is 55.1 Å². The van der Waals surface area contributed by atoms with Gasteiger partial charge in [0.25, 0.3) is 0 Å². The second-order valence-corrected chi connectivity index (χ2v) is 3.94. The molecule has 0 aromatic heterocycles. The molecule has 0 bridgehead atoms. The first kappa shape index (κ1) is 11.0. The molecule has 5 heteroatoms. The highest BCUT2D eigenvalue weighted by Gasteiger charge is 2.29. The third-order valence-electron chi connectivity index (χ3n) is 2.54. The Morgan fingerprint density at radius 1 is 1.44 bits per heavy atom. The van der Waals surface area contributed by atoms with Gasteiger partial charge in [0.05, 0.1) is 0 Å². The molecule has 1 aromatic rings. The number of primary amides is 1. The maximum absolute atomic E-state index is 13.4. The zero-order chi connectivity index (χ0) is 11.7. The van der Waals surface area contributed by atoms with Gasteiger partial charge in [0.15, 0.2) is 0 Å². The first-order valence-corrected chi connectivity index (χ1v) is 5.08. The van der Waals surface area contributed by atoms with Crippen molar-refractivity contribution >= 4 is 5.91 Å². The van der Waals surface area contributed by atoms with Crippen LogP contribution in [0.5, 0.6) is 0 Å². The number of carbonyl (C=O) groups is 1. The third kappa shape index (κ3) is 2.36. The lowest BCUT2D eigenvalue weighted by Crippen LogP contribution is -2.35. The summed E-state index contributed by atoms with van der Waals surface area (Å²) < 4.78 is 26.2. The van der Waals surface area contributed by atoms with E-state index in [9.17, 15) is 13.6 Å². The van der Waals surface area contributed by atoms with E-state index >= 15 is 0 Å². The van der Waals surface area contributed by atoms with E-state index in [2.05, 4.69) is 5.32 Å². The number of hydrogen-bond donors (Lipinski definition) is 2. The lowest BCUT2D eigenvalue weighted by Gasteiger charge is -2.15. The summed E-state index contributed by atoms with van der Waals surface area (Å²) in [6.45, 7) is 0. The molecule has 0 radical (unpaired) electrons. The van der Waals surface area contributed by atoms with E-state index in [0.29, 0.717) is 0 Å². The fourth-order valence-corrected chi connectivity index (χ4v) is 1.55. The fraction of sp³-hybridized carbons (Fsp3) is 0.364. The molecule has 0 heterocycles. The molecule has 86 valence electrons. The average Bonchev–Trinajstić information content (AvgIpc) is 2.98. The Hall–Kier alpha value is -1.49. The number of nitrogens with two attached hydrogens (primary N) is 1. The normalized spacial score (nSPS) is 17.1. The van der Waals surface area contributed by atoms with Crippen LogP contribution in [0.1, 0.15) is 24.4 Å².